The molecule has 0 saturated carbocycles. The summed E-state index contributed by atoms with van der Waals surface area (Å²) in [6, 6.07) is 18.9. The molecule has 2 aromatic carbocycles. The van der Waals surface area contributed by atoms with Gasteiger partial charge in [0.25, 0.3) is 5.91 Å². The first-order chi connectivity index (χ1) is 18.7. The molecule has 3 aliphatic heterocycles. The topological polar surface area (TPSA) is 116 Å². The third-order valence-electron chi connectivity index (χ3n) is 6.96. The van der Waals surface area contributed by atoms with E-state index in [-0.39, 0.29) is 23.9 Å². The van der Waals surface area contributed by atoms with E-state index in [2.05, 4.69) is 9.88 Å². The SMILES string of the molecule is CC(C)(C)OC(=O)N1CC2CC(C1)N2c1ccnc2c(C(N)=O)n(-c3ccc(Oc4ccccc4)cc3)nc12. The summed E-state index contributed by atoms with van der Waals surface area (Å²) < 4.78 is 13.0. The van der Waals surface area contributed by atoms with Crippen molar-refractivity contribution in [1.82, 2.24) is 19.7 Å². The Labute approximate surface area is 225 Å². The molecule has 3 aliphatic rings. The Kier molecular flexibility index (Phi) is 5.90. The number of aromatic nitrogens is 3. The molecule has 2 amide bonds. The molecule has 5 heterocycles. The summed E-state index contributed by atoms with van der Waals surface area (Å²) in [7, 11) is 0. The van der Waals surface area contributed by atoms with Crippen molar-refractivity contribution in [3.63, 3.8) is 0 Å². The predicted molar refractivity (Wildman–Crippen MR) is 146 cm³/mol. The smallest absolute Gasteiger partial charge is 0.410 e. The number of anilines is 1. The number of nitrogens with two attached hydrogens (primary N) is 1. The predicted octanol–water partition coefficient (Wildman–Crippen LogP) is 4.51. The van der Waals surface area contributed by atoms with E-state index >= 15 is 0 Å². The number of piperidine rings is 1. The second kappa shape index (κ2) is 9.30. The molecule has 10 nitrogen and oxygen atoms in total. The largest absolute Gasteiger partial charge is 0.457 e. The van der Waals surface area contributed by atoms with Crippen molar-refractivity contribution < 1.29 is 19.1 Å². The van der Waals surface area contributed by atoms with Crippen LogP contribution in [0.4, 0.5) is 10.5 Å². The van der Waals surface area contributed by atoms with Gasteiger partial charge in [0.05, 0.1) is 11.4 Å². The van der Waals surface area contributed by atoms with Gasteiger partial charge in [-0.3, -0.25) is 9.78 Å². The first-order valence-electron chi connectivity index (χ1n) is 12.9. The van der Waals surface area contributed by atoms with E-state index in [1.807, 2.05) is 81.4 Å². The molecule has 2 unspecified atom stereocenters. The summed E-state index contributed by atoms with van der Waals surface area (Å²) in [6.07, 6.45) is 2.35. The Bertz CT molecular complexity index is 1530. The zero-order valence-electron chi connectivity index (χ0n) is 22.1. The van der Waals surface area contributed by atoms with Crippen molar-refractivity contribution in [2.45, 2.75) is 44.9 Å². The highest BCUT2D eigenvalue weighted by molar-refractivity contribution is 6.06. The molecular formula is C29H30N6O4. The number of rotatable bonds is 5. The van der Waals surface area contributed by atoms with E-state index < -0.39 is 11.5 Å². The third-order valence-corrected chi connectivity index (χ3v) is 6.96. The molecule has 200 valence electrons. The molecule has 39 heavy (non-hydrogen) atoms. The first kappa shape index (κ1) is 24.7. The van der Waals surface area contributed by atoms with Gasteiger partial charge in [-0.25, -0.2) is 9.48 Å². The number of piperazine rings is 1. The van der Waals surface area contributed by atoms with Crippen LogP contribution >= 0.6 is 0 Å². The number of hydrogen-bond donors (Lipinski definition) is 1. The maximum Gasteiger partial charge on any atom is 0.410 e. The summed E-state index contributed by atoms with van der Waals surface area (Å²) >= 11 is 0. The van der Waals surface area contributed by atoms with Gasteiger partial charge in [-0.05, 0) is 69.7 Å². The molecule has 3 fully saturated rings. The summed E-state index contributed by atoms with van der Waals surface area (Å²) in [5.74, 6) is 0.766. The second-order valence-corrected chi connectivity index (χ2v) is 10.9. The molecule has 2 N–H and O–H groups in total. The van der Waals surface area contributed by atoms with Crippen LogP contribution in [0.3, 0.4) is 0 Å². The van der Waals surface area contributed by atoms with Gasteiger partial charge in [0, 0.05) is 31.4 Å². The number of carbonyl (C=O) groups excluding carboxylic acids is 2. The van der Waals surface area contributed by atoms with Crippen molar-refractivity contribution in [2.75, 3.05) is 18.0 Å². The Morgan fingerprint density at radius 3 is 2.23 bits per heavy atom. The Balaban J connectivity index is 1.30. The van der Waals surface area contributed by atoms with Crippen molar-refractivity contribution >= 4 is 28.7 Å². The number of carbonyl (C=O) groups is 2. The fourth-order valence-corrected chi connectivity index (χ4v) is 5.34. The number of hydrogen-bond acceptors (Lipinski definition) is 7. The van der Waals surface area contributed by atoms with Crippen LogP contribution in [-0.2, 0) is 4.74 Å². The standard InChI is InChI=1S/C29H30N6O4/c1-29(2,3)39-28(37)33-16-19-15-20(17-33)34(19)23-13-14-31-25-24(23)32-35(26(25)27(30)36)18-9-11-22(12-10-18)38-21-7-5-4-6-8-21/h4-14,19-20H,15-17H2,1-3H3,(H2,30,36). The van der Waals surface area contributed by atoms with Gasteiger partial charge < -0.3 is 25.0 Å². The minimum atomic E-state index is -0.619. The molecular weight excluding hydrogens is 496 g/mol. The van der Waals surface area contributed by atoms with E-state index in [0.29, 0.717) is 35.6 Å². The fraction of sp³-hybridized carbons (Fsp3) is 0.310. The van der Waals surface area contributed by atoms with Gasteiger partial charge in [0.2, 0.25) is 0 Å². The lowest BCUT2D eigenvalue weighted by molar-refractivity contribution is 0.00860. The number of benzene rings is 2. The highest BCUT2D eigenvalue weighted by Gasteiger charge is 2.47. The van der Waals surface area contributed by atoms with Gasteiger partial charge in [0.1, 0.15) is 28.1 Å². The van der Waals surface area contributed by atoms with E-state index in [1.165, 1.54) is 0 Å². The van der Waals surface area contributed by atoms with Crippen LogP contribution in [0.1, 0.15) is 37.7 Å². The molecule has 0 aliphatic carbocycles. The van der Waals surface area contributed by atoms with Gasteiger partial charge >= 0.3 is 6.09 Å². The Hall–Kier alpha value is -4.60. The monoisotopic (exact) mass is 526 g/mol. The van der Waals surface area contributed by atoms with Gasteiger partial charge in [0.15, 0.2) is 5.69 Å². The maximum atomic E-state index is 12.6. The average Bonchev–Trinajstić information content (AvgIpc) is 3.30. The molecule has 2 aromatic heterocycles. The fourth-order valence-electron chi connectivity index (χ4n) is 5.34. The number of nitrogens with zero attached hydrogens (tertiary/aromatic N) is 5. The van der Waals surface area contributed by atoms with Crippen molar-refractivity contribution in [1.29, 1.82) is 0 Å². The number of para-hydroxylation sites is 1. The highest BCUT2D eigenvalue weighted by Crippen LogP contribution is 2.40. The summed E-state index contributed by atoms with van der Waals surface area (Å²) in [5, 5.41) is 4.82. The molecule has 3 saturated heterocycles. The number of pyridine rings is 1. The third kappa shape index (κ3) is 4.62. The lowest BCUT2D eigenvalue weighted by Crippen LogP contribution is -2.70. The van der Waals surface area contributed by atoms with Crippen LogP contribution in [0.25, 0.3) is 16.7 Å². The first-order valence-corrected chi connectivity index (χ1v) is 12.9. The average molecular weight is 527 g/mol. The summed E-state index contributed by atoms with van der Waals surface area (Å²) in [5.41, 5.74) is 8.06. The van der Waals surface area contributed by atoms with E-state index in [0.717, 1.165) is 17.9 Å². The number of fused-ring (bicyclic) bond motifs is 3. The highest BCUT2D eigenvalue weighted by atomic mass is 16.6. The molecule has 4 aromatic rings. The summed E-state index contributed by atoms with van der Waals surface area (Å²) in [4.78, 5) is 33.8. The van der Waals surface area contributed by atoms with Crippen LogP contribution in [0, 0.1) is 0 Å². The van der Waals surface area contributed by atoms with Gasteiger partial charge in [-0.15, -0.1) is 0 Å². The lowest BCUT2D eigenvalue weighted by Gasteiger charge is -2.57. The normalized spacial score (nSPS) is 18.5. The van der Waals surface area contributed by atoms with Crippen molar-refractivity contribution in [3.8, 4) is 17.2 Å². The van der Waals surface area contributed by atoms with Crippen LogP contribution in [0.15, 0.2) is 66.9 Å². The number of ether oxygens (including phenoxy) is 2. The van der Waals surface area contributed by atoms with Crippen molar-refractivity contribution in [3.05, 3.63) is 72.6 Å². The maximum absolute atomic E-state index is 12.6. The Morgan fingerprint density at radius 1 is 0.923 bits per heavy atom. The second-order valence-electron chi connectivity index (χ2n) is 10.9. The quantitative estimate of drug-likeness (QED) is 0.407. The zero-order valence-corrected chi connectivity index (χ0v) is 22.1. The number of amides is 2. The Morgan fingerprint density at radius 2 is 1.59 bits per heavy atom. The van der Waals surface area contributed by atoms with Gasteiger partial charge in [-0.2, -0.15) is 5.10 Å². The van der Waals surface area contributed by atoms with Crippen LogP contribution in [0.2, 0.25) is 0 Å². The van der Waals surface area contributed by atoms with E-state index in [4.69, 9.17) is 20.3 Å². The lowest BCUT2D eigenvalue weighted by atomic mass is 9.86. The molecule has 0 radical (unpaired) electrons. The van der Waals surface area contributed by atoms with E-state index in [9.17, 15) is 9.59 Å². The number of primary amides is 1. The molecule has 2 bridgehead atoms. The van der Waals surface area contributed by atoms with Crippen LogP contribution in [-0.4, -0.2) is 62.4 Å². The van der Waals surface area contributed by atoms with Crippen LogP contribution in [0.5, 0.6) is 11.5 Å². The van der Waals surface area contributed by atoms with Gasteiger partial charge in [-0.1, -0.05) is 18.2 Å². The minimum absolute atomic E-state index is 0.124. The minimum Gasteiger partial charge on any atom is -0.457 e. The summed E-state index contributed by atoms with van der Waals surface area (Å²) in [6.45, 7) is 6.72. The zero-order chi connectivity index (χ0) is 27.3. The molecule has 2 atom stereocenters. The van der Waals surface area contributed by atoms with E-state index in [1.54, 1.807) is 15.8 Å². The van der Waals surface area contributed by atoms with Crippen LogP contribution < -0.4 is 15.4 Å². The molecule has 7 rings (SSSR count). The molecule has 0 spiro atoms. The molecule has 10 heteroatoms. The van der Waals surface area contributed by atoms with Crippen molar-refractivity contribution in [2.24, 2.45) is 5.73 Å².